The maximum atomic E-state index is 11.4. The molecule has 0 aliphatic rings. The predicted molar refractivity (Wildman–Crippen MR) is 68.4 cm³/mol. The van der Waals surface area contributed by atoms with Crippen molar-refractivity contribution >= 4 is 33.5 Å². The highest BCUT2D eigenvalue weighted by atomic mass is 79.9. The first-order chi connectivity index (χ1) is 8.61. The number of carbonyl (C=O) groups is 1. The molecule has 1 aromatic heterocycles. The summed E-state index contributed by atoms with van der Waals surface area (Å²) in [5.74, 6) is -0.578. The molecule has 1 heterocycles. The Kier molecular flexibility index (Phi) is 3.98. The Morgan fingerprint density at radius 3 is 3.06 bits per heavy atom. The molecule has 5 nitrogen and oxygen atoms in total. The summed E-state index contributed by atoms with van der Waals surface area (Å²) in [6.07, 6.45) is 0. The highest BCUT2D eigenvalue weighted by Crippen LogP contribution is 2.29. The highest BCUT2D eigenvalue weighted by molar-refractivity contribution is 9.10. The van der Waals surface area contributed by atoms with Crippen LogP contribution in [0.5, 0.6) is 0 Å². The minimum Gasteiger partial charge on any atom is -0.460 e. The molecule has 0 saturated carbocycles. The van der Waals surface area contributed by atoms with Crippen molar-refractivity contribution in [3.63, 3.8) is 0 Å². The number of hydrogen-bond acceptors (Lipinski definition) is 5. The molecule has 0 N–H and O–H groups in total. The first-order valence-electron chi connectivity index (χ1n) is 5.08. The van der Waals surface area contributed by atoms with Crippen LogP contribution in [0.15, 0.2) is 27.2 Å². The largest absolute Gasteiger partial charge is 0.460 e. The lowest BCUT2D eigenvalue weighted by molar-refractivity contribution is 0.0508. The van der Waals surface area contributed by atoms with Crippen LogP contribution in [0.4, 0.5) is 0 Å². The van der Waals surface area contributed by atoms with Crippen molar-refractivity contribution in [3.05, 3.63) is 33.5 Å². The van der Waals surface area contributed by atoms with E-state index in [-0.39, 0.29) is 18.3 Å². The van der Waals surface area contributed by atoms with Gasteiger partial charge in [0.2, 0.25) is 0 Å². The average molecular weight is 332 g/mol. The number of aromatic nitrogens is 2. The van der Waals surface area contributed by atoms with Crippen LogP contribution in [0.3, 0.4) is 0 Å². The third-order valence-corrected chi connectivity index (χ3v) is 2.87. The molecular weight excluding hydrogens is 323 g/mol. The van der Waals surface area contributed by atoms with Gasteiger partial charge < -0.3 is 9.26 Å². The highest BCUT2D eigenvalue weighted by Gasteiger charge is 2.18. The quantitative estimate of drug-likeness (QED) is 0.807. The zero-order valence-electron chi connectivity index (χ0n) is 9.31. The van der Waals surface area contributed by atoms with E-state index in [0.717, 1.165) is 4.47 Å². The number of rotatable bonds is 3. The lowest BCUT2D eigenvalue weighted by atomic mass is 10.2. The molecule has 94 valence electrons. The second-order valence-corrected chi connectivity index (χ2v) is 4.59. The van der Waals surface area contributed by atoms with E-state index >= 15 is 0 Å². The summed E-state index contributed by atoms with van der Waals surface area (Å²) < 4.78 is 10.6. The molecule has 0 aliphatic carbocycles. The van der Waals surface area contributed by atoms with E-state index < -0.39 is 5.97 Å². The van der Waals surface area contributed by atoms with E-state index in [2.05, 4.69) is 26.1 Å². The fourth-order valence-corrected chi connectivity index (χ4v) is 1.83. The molecule has 0 atom stereocenters. The molecule has 18 heavy (non-hydrogen) atoms. The maximum Gasteiger partial charge on any atom is 0.379 e. The van der Waals surface area contributed by atoms with Crippen LogP contribution in [-0.4, -0.2) is 22.7 Å². The molecule has 2 aromatic rings. The molecule has 0 unspecified atom stereocenters. The Balaban J connectivity index is 2.35. The van der Waals surface area contributed by atoms with Crippen molar-refractivity contribution in [3.8, 4) is 11.5 Å². The van der Waals surface area contributed by atoms with Gasteiger partial charge in [0.1, 0.15) is 0 Å². The van der Waals surface area contributed by atoms with Gasteiger partial charge >= 0.3 is 5.97 Å². The van der Waals surface area contributed by atoms with Gasteiger partial charge in [0.15, 0.2) is 0 Å². The summed E-state index contributed by atoms with van der Waals surface area (Å²) in [5, 5.41) is 4.00. The first kappa shape index (κ1) is 13.0. The molecule has 0 fully saturated rings. The van der Waals surface area contributed by atoms with Crippen molar-refractivity contribution in [1.29, 1.82) is 0 Å². The molecule has 0 spiro atoms. The van der Waals surface area contributed by atoms with Crippen LogP contribution in [0.1, 0.15) is 17.5 Å². The van der Waals surface area contributed by atoms with Crippen LogP contribution >= 0.6 is 27.5 Å². The lowest BCUT2D eigenvalue weighted by Crippen LogP contribution is -2.06. The molecular formula is C11H8BrClN2O3. The van der Waals surface area contributed by atoms with Crippen LogP contribution in [0.2, 0.25) is 5.02 Å². The Bertz CT molecular complexity index is 585. The van der Waals surface area contributed by atoms with Crippen molar-refractivity contribution in [2.24, 2.45) is 0 Å². The summed E-state index contributed by atoms with van der Waals surface area (Å²) in [6, 6.07) is 5.20. The molecule has 0 saturated heterocycles. The Morgan fingerprint density at radius 2 is 2.33 bits per heavy atom. The minimum absolute atomic E-state index is 0.122. The zero-order valence-corrected chi connectivity index (χ0v) is 11.7. The minimum atomic E-state index is -0.626. The Hall–Kier alpha value is -1.40. The number of benzene rings is 1. The van der Waals surface area contributed by atoms with E-state index in [0.29, 0.717) is 10.6 Å². The van der Waals surface area contributed by atoms with Crippen LogP contribution in [-0.2, 0) is 4.74 Å². The standard InChI is InChI=1S/C11H8BrClN2O3/c1-2-17-11(16)9-14-10(18-15-9)7-5-6(12)3-4-8(7)13/h3-5H,2H2,1H3. The summed E-state index contributed by atoms with van der Waals surface area (Å²) in [5.41, 5.74) is 0.550. The second kappa shape index (κ2) is 5.49. The van der Waals surface area contributed by atoms with E-state index in [4.69, 9.17) is 20.9 Å². The number of carbonyl (C=O) groups excluding carboxylic acids is 1. The molecule has 0 radical (unpaired) electrons. The fourth-order valence-electron chi connectivity index (χ4n) is 1.27. The molecule has 7 heteroatoms. The van der Waals surface area contributed by atoms with Crippen LogP contribution in [0.25, 0.3) is 11.5 Å². The first-order valence-corrected chi connectivity index (χ1v) is 6.25. The van der Waals surface area contributed by atoms with Gasteiger partial charge in [-0.3, -0.25) is 0 Å². The van der Waals surface area contributed by atoms with Gasteiger partial charge in [0.05, 0.1) is 17.2 Å². The molecule has 0 amide bonds. The van der Waals surface area contributed by atoms with Crippen molar-refractivity contribution in [2.45, 2.75) is 6.92 Å². The monoisotopic (exact) mass is 330 g/mol. The van der Waals surface area contributed by atoms with Gasteiger partial charge in [-0.05, 0) is 30.3 Å². The van der Waals surface area contributed by atoms with Gasteiger partial charge in [-0.2, -0.15) is 4.98 Å². The fraction of sp³-hybridized carbons (Fsp3) is 0.182. The summed E-state index contributed by atoms with van der Waals surface area (Å²) in [6.45, 7) is 1.95. The predicted octanol–water partition coefficient (Wildman–Crippen LogP) is 3.33. The van der Waals surface area contributed by atoms with Crippen LogP contribution in [0, 0.1) is 0 Å². The number of nitrogens with zero attached hydrogens (tertiary/aromatic N) is 2. The van der Waals surface area contributed by atoms with Gasteiger partial charge in [0, 0.05) is 4.47 Å². The van der Waals surface area contributed by atoms with Gasteiger partial charge in [0.25, 0.3) is 11.7 Å². The number of halogens is 2. The molecule has 0 bridgehead atoms. The lowest BCUT2D eigenvalue weighted by Gasteiger charge is -1.98. The summed E-state index contributed by atoms with van der Waals surface area (Å²) in [7, 11) is 0. The van der Waals surface area contributed by atoms with Crippen molar-refractivity contribution in [1.82, 2.24) is 10.1 Å². The van der Waals surface area contributed by atoms with E-state index in [9.17, 15) is 4.79 Å². The number of hydrogen-bond donors (Lipinski definition) is 0. The van der Waals surface area contributed by atoms with E-state index in [1.54, 1.807) is 25.1 Å². The van der Waals surface area contributed by atoms with Crippen molar-refractivity contribution in [2.75, 3.05) is 6.61 Å². The SMILES string of the molecule is CCOC(=O)c1noc(-c2cc(Br)ccc2Cl)n1. The van der Waals surface area contributed by atoms with Crippen molar-refractivity contribution < 1.29 is 14.1 Å². The van der Waals surface area contributed by atoms with E-state index in [1.807, 2.05) is 0 Å². The zero-order chi connectivity index (χ0) is 13.1. The molecule has 1 aromatic carbocycles. The third-order valence-electron chi connectivity index (χ3n) is 2.04. The topological polar surface area (TPSA) is 65.2 Å². The second-order valence-electron chi connectivity index (χ2n) is 3.27. The summed E-state index contributed by atoms with van der Waals surface area (Å²) in [4.78, 5) is 15.3. The van der Waals surface area contributed by atoms with E-state index in [1.165, 1.54) is 0 Å². The Morgan fingerprint density at radius 1 is 1.56 bits per heavy atom. The summed E-state index contributed by atoms with van der Waals surface area (Å²) >= 11 is 9.33. The normalized spacial score (nSPS) is 10.4. The van der Waals surface area contributed by atoms with Gasteiger partial charge in [-0.15, -0.1) is 0 Å². The molecule has 2 rings (SSSR count). The molecule has 0 aliphatic heterocycles. The number of ether oxygens (including phenoxy) is 1. The van der Waals surface area contributed by atoms with Gasteiger partial charge in [-0.25, -0.2) is 4.79 Å². The maximum absolute atomic E-state index is 11.4. The average Bonchev–Trinajstić information content (AvgIpc) is 2.82. The van der Waals surface area contributed by atoms with Gasteiger partial charge in [-0.1, -0.05) is 27.5 Å². The third kappa shape index (κ3) is 2.70. The number of esters is 1. The van der Waals surface area contributed by atoms with Crippen LogP contribution < -0.4 is 0 Å². The smallest absolute Gasteiger partial charge is 0.379 e. The Labute approximate surface area is 116 Å².